The molecule has 0 aromatic heterocycles. The Kier molecular flexibility index (Phi) is 4.76. The van der Waals surface area contributed by atoms with Gasteiger partial charge < -0.3 is 10.2 Å². The molecule has 0 aromatic carbocycles. The first-order valence-electron chi connectivity index (χ1n) is 6.02. The van der Waals surface area contributed by atoms with Crippen LogP contribution < -0.4 is 5.32 Å². The van der Waals surface area contributed by atoms with Crippen molar-refractivity contribution in [2.45, 2.75) is 32.7 Å². The van der Waals surface area contributed by atoms with Crippen molar-refractivity contribution in [2.24, 2.45) is 0 Å². The lowest BCUT2D eigenvalue weighted by atomic mass is 10.1. The van der Waals surface area contributed by atoms with Crippen LogP contribution in [0.5, 0.6) is 0 Å². The van der Waals surface area contributed by atoms with Crippen LogP contribution in [-0.4, -0.2) is 56.5 Å². The highest BCUT2D eigenvalue weighted by Crippen LogP contribution is 2.10. The van der Waals surface area contributed by atoms with Crippen LogP contribution in [0, 0.1) is 0 Å². The van der Waals surface area contributed by atoms with Gasteiger partial charge in [0.1, 0.15) is 0 Å². The van der Waals surface area contributed by atoms with Gasteiger partial charge in [0.05, 0.1) is 5.75 Å². The molecule has 1 N–H and O–H groups in total. The fourth-order valence-electron chi connectivity index (χ4n) is 2.03. The molecule has 0 aromatic rings. The summed E-state index contributed by atoms with van der Waals surface area (Å²) < 4.78 is 22.9. The van der Waals surface area contributed by atoms with Gasteiger partial charge in [0.25, 0.3) is 0 Å². The van der Waals surface area contributed by atoms with E-state index in [2.05, 4.69) is 24.1 Å². The normalized spacial score (nSPS) is 22.9. The van der Waals surface area contributed by atoms with Crippen molar-refractivity contribution in [2.75, 3.05) is 37.7 Å². The van der Waals surface area contributed by atoms with E-state index in [1.165, 1.54) is 0 Å². The predicted molar refractivity (Wildman–Crippen MR) is 67.5 cm³/mol. The number of rotatable bonds is 4. The number of hydrogen-bond acceptors (Lipinski definition) is 4. The van der Waals surface area contributed by atoms with Crippen LogP contribution in [0.3, 0.4) is 0 Å². The summed E-state index contributed by atoms with van der Waals surface area (Å²) in [4.78, 5) is 2.26. The lowest BCUT2D eigenvalue weighted by Gasteiger charge is -2.29. The average Bonchev–Trinajstić information content (AvgIpc) is 2.36. The molecule has 1 aliphatic rings. The van der Waals surface area contributed by atoms with Gasteiger partial charge in [0.2, 0.25) is 0 Å². The summed E-state index contributed by atoms with van der Waals surface area (Å²) in [5.74, 6) is 0.544. The van der Waals surface area contributed by atoms with Crippen molar-refractivity contribution in [1.29, 1.82) is 0 Å². The molecule has 0 saturated carbocycles. The summed E-state index contributed by atoms with van der Waals surface area (Å²) in [6.07, 6.45) is 1.09. The Bertz CT molecular complexity index is 312. The van der Waals surface area contributed by atoms with Crippen molar-refractivity contribution in [1.82, 2.24) is 10.2 Å². The zero-order chi connectivity index (χ0) is 12.2. The van der Waals surface area contributed by atoms with Crippen molar-refractivity contribution in [3.63, 3.8) is 0 Å². The van der Waals surface area contributed by atoms with Gasteiger partial charge in [0, 0.05) is 24.4 Å². The topological polar surface area (TPSA) is 49.4 Å². The molecule has 1 saturated heterocycles. The molecule has 5 heteroatoms. The fraction of sp³-hybridized carbons (Fsp3) is 1.00. The lowest BCUT2D eigenvalue weighted by Crippen LogP contribution is -2.47. The van der Waals surface area contributed by atoms with E-state index >= 15 is 0 Å². The molecule has 0 bridgehead atoms. The average molecular weight is 248 g/mol. The maximum Gasteiger partial charge on any atom is 0.151 e. The molecular formula is C11H24N2O2S. The SMILES string of the molecule is CCS(=O)(=O)CCN1CCCNC(C)(C)C1. The molecule has 0 radical (unpaired) electrons. The highest BCUT2D eigenvalue weighted by atomic mass is 32.2. The van der Waals surface area contributed by atoms with Crippen LogP contribution >= 0.6 is 0 Å². The van der Waals surface area contributed by atoms with Gasteiger partial charge in [0.15, 0.2) is 9.84 Å². The second kappa shape index (κ2) is 5.47. The van der Waals surface area contributed by atoms with Gasteiger partial charge in [-0.05, 0) is 33.4 Å². The molecule has 0 unspecified atom stereocenters. The van der Waals surface area contributed by atoms with Gasteiger partial charge in [-0.1, -0.05) is 6.92 Å². The molecule has 1 rings (SSSR count). The smallest absolute Gasteiger partial charge is 0.151 e. The highest BCUT2D eigenvalue weighted by molar-refractivity contribution is 7.91. The maximum atomic E-state index is 11.4. The zero-order valence-corrected chi connectivity index (χ0v) is 11.4. The summed E-state index contributed by atoms with van der Waals surface area (Å²) >= 11 is 0. The van der Waals surface area contributed by atoms with Crippen molar-refractivity contribution in [3.05, 3.63) is 0 Å². The Morgan fingerprint density at radius 1 is 1.38 bits per heavy atom. The first-order chi connectivity index (χ1) is 7.35. The molecule has 0 amide bonds. The largest absolute Gasteiger partial charge is 0.310 e. The van der Waals surface area contributed by atoms with Crippen LogP contribution in [0.2, 0.25) is 0 Å². The Hall–Kier alpha value is -0.130. The third kappa shape index (κ3) is 4.80. The summed E-state index contributed by atoms with van der Waals surface area (Å²) in [6.45, 7) is 9.65. The lowest BCUT2D eigenvalue weighted by molar-refractivity contribution is 0.242. The number of nitrogens with one attached hydrogen (secondary N) is 1. The van der Waals surface area contributed by atoms with Crippen LogP contribution in [-0.2, 0) is 9.84 Å². The summed E-state index contributed by atoms with van der Waals surface area (Å²) in [5, 5.41) is 3.47. The van der Waals surface area contributed by atoms with E-state index in [0.717, 1.165) is 26.1 Å². The second-order valence-corrected chi connectivity index (χ2v) is 7.65. The summed E-state index contributed by atoms with van der Waals surface area (Å²) in [7, 11) is -2.83. The first kappa shape index (κ1) is 13.9. The van der Waals surface area contributed by atoms with E-state index in [1.807, 2.05) is 0 Å². The Morgan fingerprint density at radius 3 is 2.69 bits per heavy atom. The van der Waals surface area contributed by atoms with Gasteiger partial charge in [-0.2, -0.15) is 0 Å². The molecule has 0 atom stereocenters. The third-order valence-corrected chi connectivity index (χ3v) is 4.72. The maximum absolute atomic E-state index is 11.4. The zero-order valence-electron chi connectivity index (χ0n) is 10.6. The molecule has 1 fully saturated rings. The van der Waals surface area contributed by atoms with Crippen LogP contribution in [0.4, 0.5) is 0 Å². The standard InChI is InChI=1S/C11H24N2O2S/c1-4-16(14,15)9-8-13-7-5-6-12-11(2,3)10-13/h12H,4-10H2,1-3H3. The fourth-order valence-corrected chi connectivity index (χ4v) is 2.85. The minimum atomic E-state index is -2.83. The van der Waals surface area contributed by atoms with Crippen LogP contribution in [0.25, 0.3) is 0 Å². The quantitative estimate of drug-likeness (QED) is 0.787. The van der Waals surface area contributed by atoms with Gasteiger partial charge in [-0.3, -0.25) is 0 Å². The Morgan fingerprint density at radius 2 is 2.06 bits per heavy atom. The molecule has 0 aliphatic carbocycles. The van der Waals surface area contributed by atoms with Crippen molar-refractivity contribution >= 4 is 9.84 Å². The molecule has 0 spiro atoms. The Labute approximate surface area is 99.3 Å². The summed E-state index contributed by atoms with van der Waals surface area (Å²) in [5.41, 5.74) is 0.0898. The molecule has 1 heterocycles. The van der Waals surface area contributed by atoms with Crippen LogP contribution in [0.15, 0.2) is 0 Å². The van der Waals surface area contributed by atoms with E-state index in [-0.39, 0.29) is 11.3 Å². The number of nitrogens with zero attached hydrogens (tertiary/aromatic N) is 1. The van der Waals surface area contributed by atoms with Crippen molar-refractivity contribution < 1.29 is 8.42 Å². The van der Waals surface area contributed by atoms with Gasteiger partial charge >= 0.3 is 0 Å². The first-order valence-corrected chi connectivity index (χ1v) is 7.84. The van der Waals surface area contributed by atoms with E-state index in [4.69, 9.17) is 0 Å². The minimum absolute atomic E-state index is 0.0898. The number of sulfone groups is 1. The van der Waals surface area contributed by atoms with Crippen molar-refractivity contribution in [3.8, 4) is 0 Å². The second-order valence-electron chi connectivity index (χ2n) is 5.18. The summed E-state index contributed by atoms with van der Waals surface area (Å²) in [6, 6.07) is 0. The molecule has 96 valence electrons. The Balaban J connectivity index is 2.47. The van der Waals surface area contributed by atoms with E-state index in [9.17, 15) is 8.42 Å². The monoisotopic (exact) mass is 248 g/mol. The van der Waals surface area contributed by atoms with E-state index in [0.29, 0.717) is 12.3 Å². The third-order valence-electron chi connectivity index (χ3n) is 3.03. The highest BCUT2D eigenvalue weighted by Gasteiger charge is 2.24. The van der Waals surface area contributed by atoms with E-state index < -0.39 is 9.84 Å². The molecule has 4 nitrogen and oxygen atoms in total. The molecular weight excluding hydrogens is 224 g/mol. The number of hydrogen-bond donors (Lipinski definition) is 1. The van der Waals surface area contributed by atoms with Crippen LogP contribution in [0.1, 0.15) is 27.2 Å². The predicted octanol–water partition coefficient (Wildman–Crippen LogP) is 0.495. The minimum Gasteiger partial charge on any atom is -0.310 e. The molecule has 1 aliphatic heterocycles. The van der Waals surface area contributed by atoms with Gasteiger partial charge in [-0.25, -0.2) is 8.42 Å². The molecule has 16 heavy (non-hydrogen) atoms. The van der Waals surface area contributed by atoms with E-state index in [1.54, 1.807) is 6.92 Å². The van der Waals surface area contributed by atoms with Gasteiger partial charge in [-0.15, -0.1) is 0 Å².